The monoisotopic (exact) mass is 696 g/mol. The maximum absolute atomic E-state index is 13.6. The molecule has 0 unspecified atom stereocenters. The molecule has 48 heavy (non-hydrogen) atoms. The number of aliphatic hydroxyl groups is 1. The Morgan fingerprint density at radius 1 is 0.917 bits per heavy atom. The fourth-order valence-electron chi connectivity index (χ4n) is 4.90. The van der Waals surface area contributed by atoms with Gasteiger partial charge >= 0.3 is 5.63 Å². The van der Waals surface area contributed by atoms with Crippen molar-refractivity contribution in [2.45, 2.75) is 129 Å². The highest BCUT2D eigenvalue weighted by molar-refractivity contribution is 6.75. The van der Waals surface area contributed by atoms with Crippen molar-refractivity contribution >= 4 is 27.4 Å². The maximum Gasteiger partial charge on any atom is 0.347 e. The van der Waals surface area contributed by atoms with E-state index in [0.29, 0.717) is 42.1 Å². The molecule has 0 aliphatic carbocycles. The normalized spacial score (nSPS) is 18.6. The van der Waals surface area contributed by atoms with Crippen LogP contribution in [-0.4, -0.2) is 53.3 Å². The summed E-state index contributed by atoms with van der Waals surface area (Å²) in [6.45, 7) is 24.1. The van der Waals surface area contributed by atoms with Crippen LogP contribution in [0.5, 0.6) is 17.2 Å². The van der Waals surface area contributed by atoms with Crippen molar-refractivity contribution in [2.24, 2.45) is 0 Å². The SMILES string of the molecule is COc1ccc(CO[C@@H](/C=C/Cc2cc3cc(O[Si](C)(C)C(C)(C)C)cc(O[Si](C)(C)C(C)(C)C)c3c(=O)o2)[C@H]2O[C@@H]2C[C@H](C)O)cc1. The highest BCUT2D eigenvalue weighted by Gasteiger charge is 2.45. The van der Waals surface area contributed by atoms with Crippen molar-refractivity contribution in [3.63, 3.8) is 0 Å². The van der Waals surface area contributed by atoms with Gasteiger partial charge in [-0.05, 0) is 78.4 Å². The molecule has 2 aromatic carbocycles. The summed E-state index contributed by atoms with van der Waals surface area (Å²) in [5, 5.41) is 11.0. The molecule has 1 aromatic heterocycles. The van der Waals surface area contributed by atoms with Gasteiger partial charge < -0.3 is 32.6 Å². The molecule has 1 saturated heterocycles. The first-order valence-corrected chi connectivity index (χ1v) is 22.8. The van der Waals surface area contributed by atoms with Crippen molar-refractivity contribution < 1.29 is 32.6 Å². The lowest BCUT2D eigenvalue weighted by molar-refractivity contribution is 0.0524. The first-order valence-electron chi connectivity index (χ1n) is 16.9. The van der Waals surface area contributed by atoms with Gasteiger partial charge in [0.2, 0.25) is 8.32 Å². The van der Waals surface area contributed by atoms with Crippen LogP contribution in [0.1, 0.15) is 66.2 Å². The van der Waals surface area contributed by atoms with Gasteiger partial charge in [0, 0.05) is 18.9 Å². The molecular weight excluding hydrogens is 641 g/mol. The van der Waals surface area contributed by atoms with E-state index in [1.165, 1.54) is 0 Å². The van der Waals surface area contributed by atoms with Crippen molar-refractivity contribution in [3.8, 4) is 17.2 Å². The molecule has 8 nitrogen and oxygen atoms in total. The van der Waals surface area contributed by atoms with Crippen LogP contribution in [0.2, 0.25) is 36.3 Å². The molecule has 2 heterocycles. The van der Waals surface area contributed by atoms with Gasteiger partial charge in [-0.3, -0.25) is 0 Å². The molecule has 10 heteroatoms. The third-order valence-electron chi connectivity index (χ3n) is 9.97. The average molecular weight is 697 g/mol. The molecular formula is C38H56O8Si2. The second kappa shape index (κ2) is 14.5. The zero-order chi connectivity index (χ0) is 35.7. The molecule has 0 saturated carbocycles. The van der Waals surface area contributed by atoms with Crippen molar-refractivity contribution in [3.05, 3.63) is 76.4 Å². The number of allylic oxidation sites excluding steroid dienone is 1. The Labute approximate surface area is 288 Å². The number of benzene rings is 2. The van der Waals surface area contributed by atoms with Crippen LogP contribution < -0.4 is 19.2 Å². The summed E-state index contributed by atoms with van der Waals surface area (Å²) in [7, 11) is -2.83. The molecule has 3 aromatic rings. The van der Waals surface area contributed by atoms with E-state index in [1.54, 1.807) is 14.0 Å². The van der Waals surface area contributed by atoms with Gasteiger partial charge in [-0.25, -0.2) is 4.79 Å². The van der Waals surface area contributed by atoms with E-state index < -0.39 is 28.4 Å². The van der Waals surface area contributed by atoms with E-state index in [4.69, 9.17) is 27.5 Å². The summed E-state index contributed by atoms with van der Waals surface area (Å²) < 4.78 is 36.8. The van der Waals surface area contributed by atoms with Crippen LogP contribution in [0.4, 0.5) is 0 Å². The highest BCUT2D eigenvalue weighted by Crippen LogP contribution is 2.42. The fourth-order valence-corrected chi connectivity index (χ4v) is 6.93. The lowest BCUT2D eigenvalue weighted by Gasteiger charge is -2.38. The standard InChI is InChI=1S/C38H56O8Si2/c1-25(39)20-33-35(44-33)31(42-24-26-16-18-28(41-8)19-17-26)15-13-14-29-21-27-22-30(45-47(9,10)37(2,3)4)23-32(34(27)36(40)43-29)46-48(11,12)38(5,6)7/h13,15-19,21-23,25,31,33,35,39H,14,20,24H2,1-12H3/b15-13+/t25-,31-,33+,35+/m0/s1. The lowest BCUT2D eigenvalue weighted by Crippen LogP contribution is -2.44. The van der Waals surface area contributed by atoms with E-state index in [2.05, 4.69) is 67.7 Å². The van der Waals surface area contributed by atoms with Gasteiger partial charge in [0.15, 0.2) is 0 Å². The summed E-state index contributed by atoms with van der Waals surface area (Å²) in [6.07, 6.45) is 3.80. The van der Waals surface area contributed by atoms with Gasteiger partial charge in [-0.2, -0.15) is 0 Å². The lowest BCUT2D eigenvalue weighted by atomic mass is 10.1. The zero-order valence-electron chi connectivity index (χ0n) is 30.9. The molecule has 0 spiro atoms. The second-order valence-electron chi connectivity index (χ2n) is 16.1. The van der Waals surface area contributed by atoms with Crippen LogP contribution >= 0.6 is 0 Å². The summed E-state index contributed by atoms with van der Waals surface area (Å²) in [5.41, 5.74) is 0.576. The largest absolute Gasteiger partial charge is 0.543 e. The number of methoxy groups -OCH3 is 1. The quantitative estimate of drug-likeness (QED) is 0.101. The maximum atomic E-state index is 13.6. The number of ether oxygens (including phenoxy) is 3. The van der Waals surface area contributed by atoms with Crippen LogP contribution in [-0.2, 0) is 22.5 Å². The van der Waals surface area contributed by atoms with Crippen LogP contribution in [0, 0.1) is 0 Å². The molecule has 0 amide bonds. The van der Waals surface area contributed by atoms with Crippen LogP contribution in [0.15, 0.2) is 63.8 Å². The van der Waals surface area contributed by atoms with E-state index in [9.17, 15) is 9.90 Å². The smallest absolute Gasteiger partial charge is 0.347 e. The number of rotatable bonds is 14. The summed E-state index contributed by atoms with van der Waals surface area (Å²) in [6, 6.07) is 13.5. The van der Waals surface area contributed by atoms with Crippen LogP contribution in [0.25, 0.3) is 10.8 Å². The van der Waals surface area contributed by atoms with E-state index in [1.807, 2.05) is 54.6 Å². The Hall–Kier alpha value is -2.90. The zero-order valence-corrected chi connectivity index (χ0v) is 32.9. The van der Waals surface area contributed by atoms with Crippen molar-refractivity contribution in [1.29, 1.82) is 0 Å². The summed E-state index contributed by atoms with van der Waals surface area (Å²) in [4.78, 5) is 13.6. The number of aliphatic hydroxyl groups excluding tert-OH is 1. The van der Waals surface area contributed by atoms with Crippen LogP contribution in [0.3, 0.4) is 0 Å². The van der Waals surface area contributed by atoms with E-state index >= 15 is 0 Å². The Kier molecular flexibility index (Phi) is 11.5. The van der Waals surface area contributed by atoms with Crippen molar-refractivity contribution in [2.75, 3.05) is 7.11 Å². The Morgan fingerprint density at radius 2 is 1.54 bits per heavy atom. The second-order valence-corrected chi connectivity index (χ2v) is 25.5. The Balaban J connectivity index is 1.63. The molecule has 0 radical (unpaired) electrons. The number of hydrogen-bond acceptors (Lipinski definition) is 8. The predicted molar refractivity (Wildman–Crippen MR) is 198 cm³/mol. The van der Waals surface area contributed by atoms with Gasteiger partial charge in [0.25, 0.3) is 8.32 Å². The minimum absolute atomic E-state index is 0.000433. The van der Waals surface area contributed by atoms with E-state index in [-0.39, 0.29) is 28.4 Å². The molecule has 1 fully saturated rings. The molecule has 4 rings (SSSR count). The first-order chi connectivity index (χ1) is 22.2. The van der Waals surface area contributed by atoms with Gasteiger partial charge in [0.05, 0.1) is 25.9 Å². The predicted octanol–water partition coefficient (Wildman–Crippen LogP) is 8.79. The van der Waals surface area contributed by atoms with Gasteiger partial charge in [-0.15, -0.1) is 0 Å². The number of fused-ring (bicyclic) bond motifs is 1. The molecule has 1 aliphatic heterocycles. The highest BCUT2D eigenvalue weighted by atomic mass is 28.4. The third kappa shape index (κ3) is 9.41. The molecule has 0 bridgehead atoms. The van der Waals surface area contributed by atoms with Gasteiger partial charge in [-0.1, -0.05) is 65.8 Å². The first kappa shape index (κ1) is 37.9. The fraction of sp³-hybridized carbons (Fsp3) is 0.553. The topological polar surface area (TPSA) is 99.9 Å². The Morgan fingerprint density at radius 3 is 2.12 bits per heavy atom. The average Bonchev–Trinajstić information content (AvgIpc) is 3.71. The minimum atomic E-state index is -2.29. The number of hydrogen-bond donors (Lipinski definition) is 1. The minimum Gasteiger partial charge on any atom is -0.543 e. The summed E-state index contributed by atoms with van der Waals surface area (Å²) in [5.74, 6) is 2.53. The third-order valence-corrected chi connectivity index (χ3v) is 18.7. The van der Waals surface area contributed by atoms with Gasteiger partial charge in [0.1, 0.15) is 40.6 Å². The molecule has 1 N–H and O–H groups in total. The molecule has 1 aliphatic rings. The van der Waals surface area contributed by atoms with E-state index in [0.717, 1.165) is 16.7 Å². The Bertz CT molecular complexity index is 1630. The van der Waals surface area contributed by atoms with Crippen molar-refractivity contribution in [1.82, 2.24) is 0 Å². The molecule has 4 atom stereocenters. The summed E-state index contributed by atoms with van der Waals surface area (Å²) >= 11 is 0. The molecule has 264 valence electrons. The number of epoxide rings is 1.